The molecule has 0 saturated heterocycles. The normalized spacial score (nSPS) is 15.2. The van der Waals surface area contributed by atoms with E-state index in [0.29, 0.717) is 0 Å². The van der Waals surface area contributed by atoms with Crippen LogP contribution in [0, 0.1) is 23.7 Å². The molecule has 11 atom stereocenters. The van der Waals surface area contributed by atoms with Crippen LogP contribution >= 0.6 is 0 Å². The number of carboxylic acid groups (broad SMARTS) is 4. The van der Waals surface area contributed by atoms with E-state index in [-0.39, 0.29) is 18.8 Å². The lowest BCUT2D eigenvalue weighted by atomic mass is 10.00. The lowest BCUT2D eigenvalue weighted by Gasteiger charge is -2.28. The van der Waals surface area contributed by atoms with Gasteiger partial charge in [-0.1, -0.05) is 55.4 Å². The minimum absolute atomic E-state index is 0.115. The number of aliphatic hydroxyl groups is 2. The third-order valence-corrected chi connectivity index (χ3v) is 12.3. The smallest absolute Gasteiger partial charge is 0.326 e. The average Bonchev–Trinajstić information content (AvgIpc) is 3.44. The Hall–Kier alpha value is -8.07. The molecule has 83 heavy (non-hydrogen) atoms. The number of amides is 11. The summed E-state index contributed by atoms with van der Waals surface area (Å²) >= 11 is 0. The largest absolute Gasteiger partial charge is 0.481 e. The second kappa shape index (κ2) is 37.1. The van der Waals surface area contributed by atoms with Gasteiger partial charge >= 0.3 is 23.9 Å². The maximum absolute atomic E-state index is 13.8. The number of aliphatic hydroxyl groups excluding tert-OH is 2. The Bertz CT molecular complexity index is 2310. The van der Waals surface area contributed by atoms with Gasteiger partial charge < -0.3 is 95.3 Å². The van der Waals surface area contributed by atoms with Gasteiger partial charge in [0.2, 0.25) is 65.0 Å². The summed E-state index contributed by atoms with van der Waals surface area (Å²) in [4.78, 5) is 192. The first-order valence-electron chi connectivity index (χ1n) is 26.6. The predicted octanol–water partition coefficient (Wildman–Crippen LogP) is -5.88. The molecule has 0 spiro atoms. The molecule has 0 fully saturated rings. The van der Waals surface area contributed by atoms with Gasteiger partial charge in [-0.3, -0.25) is 67.1 Å². The Kier molecular flexibility index (Phi) is 33.5. The maximum atomic E-state index is 13.8. The molecule has 33 heteroatoms. The summed E-state index contributed by atoms with van der Waals surface area (Å²) < 4.78 is 0. The van der Waals surface area contributed by atoms with Crippen molar-refractivity contribution >= 4 is 88.9 Å². The number of nitrogens with two attached hydrogens (primary N) is 2. The molecule has 0 aliphatic heterocycles. The Balaban J connectivity index is 6.27. The molecule has 11 amide bonds. The van der Waals surface area contributed by atoms with Crippen LogP contribution in [0.2, 0.25) is 0 Å². The summed E-state index contributed by atoms with van der Waals surface area (Å²) in [6.07, 6.45) is -5.96. The Morgan fingerprint density at radius 3 is 1.16 bits per heavy atom. The highest BCUT2D eigenvalue weighted by molar-refractivity contribution is 5.99. The topological polar surface area (TPSA) is 550 Å². The van der Waals surface area contributed by atoms with Crippen molar-refractivity contribution in [1.82, 2.24) is 53.2 Å². The number of primary amides is 1. The van der Waals surface area contributed by atoms with Crippen LogP contribution < -0.4 is 64.6 Å². The van der Waals surface area contributed by atoms with Gasteiger partial charge in [-0.25, -0.2) is 4.79 Å². The fourth-order valence-electron chi connectivity index (χ4n) is 7.53. The van der Waals surface area contributed by atoms with Crippen molar-refractivity contribution in [3.63, 3.8) is 0 Å². The van der Waals surface area contributed by atoms with Gasteiger partial charge in [0.25, 0.3) is 0 Å². The van der Waals surface area contributed by atoms with Gasteiger partial charge in [0, 0.05) is 25.7 Å². The number of hydrogen-bond acceptors (Lipinski definition) is 18. The second-order valence-corrected chi connectivity index (χ2v) is 21.1. The van der Waals surface area contributed by atoms with Crippen LogP contribution in [0.3, 0.4) is 0 Å². The van der Waals surface area contributed by atoms with E-state index >= 15 is 0 Å². The van der Waals surface area contributed by atoms with Gasteiger partial charge in [0.1, 0.15) is 54.4 Å². The zero-order valence-corrected chi connectivity index (χ0v) is 47.9. The molecule has 20 N–H and O–H groups in total. The first-order chi connectivity index (χ1) is 38.4. The van der Waals surface area contributed by atoms with Crippen molar-refractivity contribution in [2.75, 3.05) is 13.2 Å². The van der Waals surface area contributed by atoms with Crippen LogP contribution in [0.15, 0.2) is 0 Å². The van der Waals surface area contributed by atoms with E-state index in [4.69, 9.17) is 16.6 Å². The zero-order chi connectivity index (χ0) is 64.2. The highest BCUT2D eigenvalue weighted by Gasteiger charge is 2.37. The third-order valence-electron chi connectivity index (χ3n) is 12.3. The molecule has 0 bridgehead atoms. The van der Waals surface area contributed by atoms with Crippen LogP contribution in [-0.4, -0.2) is 199 Å². The summed E-state index contributed by atoms with van der Waals surface area (Å²) in [5.74, 6) is -19.5. The molecule has 0 radical (unpaired) electrons. The van der Waals surface area contributed by atoms with Crippen molar-refractivity contribution < 1.29 is 103 Å². The fraction of sp³-hybridized carbons (Fsp3) is 0.700. The van der Waals surface area contributed by atoms with Crippen LogP contribution in [0.5, 0.6) is 0 Å². The molecule has 0 aliphatic rings. The van der Waals surface area contributed by atoms with Crippen molar-refractivity contribution in [2.45, 2.75) is 187 Å². The van der Waals surface area contributed by atoms with Gasteiger partial charge in [-0.05, 0) is 62.7 Å². The van der Waals surface area contributed by atoms with Crippen LogP contribution in [0.4, 0.5) is 0 Å². The van der Waals surface area contributed by atoms with Crippen molar-refractivity contribution in [3.05, 3.63) is 0 Å². The molecule has 0 aromatic carbocycles. The van der Waals surface area contributed by atoms with E-state index in [0.717, 1.165) is 6.92 Å². The number of carbonyl (C=O) groups is 15. The fourth-order valence-corrected chi connectivity index (χ4v) is 7.53. The minimum Gasteiger partial charge on any atom is -0.481 e. The Labute approximate surface area is 478 Å². The number of aliphatic carboxylic acids is 4. The first kappa shape index (κ1) is 74.9. The standard InChI is InChI=1S/C50H84N12O21/c1-21(2)18-30(45(77)55-29(13-17-36(71)72)43(75)61-39(24(7)8)50(82)83)57-42(74)27(11-14-32(52)65)56-46(78)31(20-63)58-48(80)38(23(5)6)59-33(66)19-53-47(79)37(22(3)4)60-49(81)40(25(9)64)62-44(76)28(12-16-35(69)70)54-41(73)26(51)10-15-34(67)68/h21-31,37-40,63-64H,10-20,51H2,1-9H3,(H2,52,65)(H,53,79)(H,54,73)(H,55,77)(H,56,78)(H,57,74)(H,58,80)(H,59,66)(H,60,81)(H,61,75)(H,62,76)(H,67,68)(H,69,70)(H,71,72)(H,82,83)/t25-,26+,27+,28+,29+,30+,31+,37+,38+,39+,40+/m1/s1. The van der Waals surface area contributed by atoms with Crippen LogP contribution in [-0.2, 0) is 71.9 Å². The van der Waals surface area contributed by atoms with Gasteiger partial charge in [0.05, 0.1) is 25.3 Å². The number of carbonyl (C=O) groups excluding carboxylic acids is 11. The lowest BCUT2D eigenvalue weighted by Crippen LogP contribution is -2.61. The minimum atomic E-state index is -1.85. The molecule has 470 valence electrons. The summed E-state index contributed by atoms with van der Waals surface area (Å²) in [6.45, 7) is 11.4. The van der Waals surface area contributed by atoms with Crippen molar-refractivity contribution in [1.29, 1.82) is 0 Å². The van der Waals surface area contributed by atoms with Crippen LogP contribution in [0.25, 0.3) is 0 Å². The molecule has 0 rings (SSSR count). The lowest BCUT2D eigenvalue weighted by molar-refractivity contribution is -0.144. The van der Waals surface area contributed by atoms with Gasteiger partial charge in [0.15, 0.2) is 0 Å². The summed E-state index contributed by atoms with van der Waals surface area (Å²) in [5.41, 5.74) is 11.0. The number of rotatable bonds is 40. The second-order valence-electron chi connectivity index (χ2n) is 21.1. The quantitative estimate of drug-likeness (QED) is 0.0272. The number of hydrogen-bond donors (Lipinski definition) is 18. The number of nitrogens with one attached hydrogen (secondary N) is 10. The molecular formula is C50H84N12O21. The summed E-state index contributed by atoms with van der Waals surface area (Å²) in [5, 5.41) is 80.8. The third kappa shape index (κ3) is 29.0. The molecule has 33 nitrogen and oxygen atoms in total. The average molecular weight is 1190 g/mol. The Morgan fingerprint density at radius 1 is 0.398 bits per heavy atom. The Morgan fingerprint density at radius 2 is 0.747 bits per heavy atom. The molecule has 0 unspecified atom stereocenters. The monoisotopic (exact) mass is 1190 g/mol. The molecule has 0 aromatic heterocycles. The summed E-state index contributed by atoms with van der Waals surface area (Å²) in [6, 6.07) is -15.9. The molecular weight excluding hydrogens is 1100 g/mol. The number of carboxylic acids is 4. The first-order valence-corrected chi connectivity index (χ1v) is 26.6. The van der Waals surface area contributed by atoms with E-state index in [9.17, 15) is 97.5 Å². The molecule has 0 saturated carbocycles. The maximum Gasteiger partial charge on any atom is 0.326 e. The van der Waals surface area contributed by atoms with E-state index in [1.807, 2.05) is 0 Å². The summed E-state index contributed by atoms with van der Waals surface area (Å²) in [7, 11) is 0. The molecule has 0 heterocycles. The van der Waals surface area contributed by atoms with Crippen molar-refractivity contribution in [3.8, 4) is 0 Å². The zero-order valence-electron chi connectivity index (χ0n) is 47.9. The highest BCUT2D eigenvalue weighted by atomic mass is 16.4. The van der Waals surface area contributed by atoms with Gasteiger partial charge in [-0.15, -0.1) is 0 Å². The molecule has 0 aliphatic carbocycles. The van der Waals surface area contributed by atoms with E-state index < -0.39 is 231 Å². The van der Waals surface area contributed by atoms with Crippen LogP contribution in [0.1, 0.15) is 120 Å². The van der Waals surface area contributed by atoms with E-state index in [1.165, 1.54) is 41.5 Å². The van der Waals surface area contributed by atoms with E-state index in [2.05, 4.69) is 53.2 Å². The SMILES string of the molecule is CC(C)C[C@H](NC(=O)[C@H](CCC(N)=O)NC(=O)[C@H](CO)NC(=O)[C@@H](NC(=O)CNC(=O)[C@@H](NC(=O)[C@@H](NC(=O)[C@H](CCC(=O)O)NC(=O)[C@@H](N)CCC(=O)O)[C@@H](C)O)C(C)C)C(C)C)C(=O)N[C@@H](CCC(=O)O)C(=O)N[C@H](C(=O)O)C(C)C. The molecule has 0 aromatic rings. The highest BCUT2D eigenvalue weighted by Crippen LogP contribution is 2.12. The predicted molar refractivity (Wildman–Crippen MR) is 288 cm³/mol. The van der Waals surface area contributed by atoms with Crippen molar-refractivity contribution in [2.24, 2.45) is 35.1 Å². The van der Waals surface area contributed by atoms with Gasteiger partial charge in [-0.2, -0.15) is 0 Å². The van der Waals surface area contributed by atoms with E-state index in [1.54, 1.807) is 13.8 Å².